The Balaban J connectivity index is 1.99. The van der Waals surface area contributed by atoms with E-state index >= 15 is 0 Å². The first kappa shape index (κ1) is 14.8. The number of fused-ring (bicyclic) bond motifs is 3. The number of aliphatic carboxylic acids is 1. The predicted molar refractivity (Wildman–Crippen MR) is 77.4 cm³/mol. The number of nitro groups is 1. The highest BCUT2D eigenvalue weighted by Gasteiger charge is 2.51. The Morgan fingerprint density at radius 1 is 1.55 bits per heavy atom. The van der Waals surface area contributed by atoms with Gasteiger partial charge in [0.2, 0.25) is 0 Å². The highest BCUT2D eigenvalue weighted by atomic mass is 16.6. The summed E-state index contributed by atoms with van der Waals surface area (Å²) in [5.74, 6) is -0.730. The summed E-state index contributed by atoms with van der Waals surface area (Å²) >= 11 is 0. The Labute approximate surface area is 127 Å². The number of hydrogen-bond acceptors (Lipinski definition) is 5. The van der Waals surface area contributed by atoms with Gasteiger partial charge in [-0.05, 0) is 31.3 Å². The average molecular weight is 306 g/mol. The number of nitrogens with one attached hydrogen (secondary N) is 1. The Morgan fingerprint density at radius 3 is 2.95 bits per heavy atom. The van der Waals surface area contributed by atoms with Gasteiger partial charge >= 0.3 is 5.97 Å². The van der Waals surface area contributed by atoms with Crippen LogP contribution in [0.1, 0.15) is 13.3 Å². The van der Waals surface area contributed by atoms with Crippen LogP contribution in [0.2, 0.25) is 0 Å². The second-order valence-corrected chi connectivity index (χ2v) is 5.77. The maximum atomic E-state index is 11.5. The Kier molecular flexibility index (Phi) is 3.74. The van der Waals surface area contributed by atoms with E-state index in [1.54, 1.807) is 0 Å². The van der Waals surface area contributed by atoms with E-state index in [0.29, 0.717) is 18.8 Å². The summed E-state index contributed by atoms with van der Waals surface area (Å²) in [6.45, 7) is 2.25. The lowest BCUT2D eigenvalue weighted by Crippen LogP contribution is -2.60. The third-order valence-corrected chi connectivity index (χ3v) is 4.63. The molecule has 0 radical (unpaired) electrons. The molecule has 1 fully saturated rings. The molecule has 3 rings (SSSR count). The van der Waals surface area contributed by atoms with E-state index in [4.69, 9.17) is 4.74 Å². The number of nitrogens with zero attached hydrogens (tertiary/aromatic N) is 1. The van der Waals surface area contributed by atoms with E-state index in [1.807, 2.05) is 25.2 Å². The van der Waals surface area contributed by atoms with Crippen LogP contribution in [0.3, 0.4) is 0 Å². The van der Waals surface area contributed by atoms with Crippen LogP contribution in [0.4, 0.5) is 0 Å². The quantitative estimate of drug-likeness (QED) is 0.461. The molecule has 1 heterocycles. The first-order valence-corrected chi connectivity index (χ1v) is 7.39. The van der Waals surface area contributed by atoms with Crippen molar-refractivity contribution >= 4 is 5.97 Å². The second kappa shape index (κ2) is 5.57. The lowest BCUT2D eigenvalue weighted by atomic mass is 9.70. The molecule has 2 N–H and O–H groups in total. The highest BCUT2D eigenvalue weighted by molar-refractivity contribution is 5.74. The SMILES string of the molecule is CCOC1=CC2C(NC(C(=O)O)C3CC=CC23)C([N+](=O)[O-])=C1. The number of rotatable bonds is 4. The molecule has 0 amide bonds. The van der Waals surface area contributed by atoms with Crippen molar-refractivity contribution in [1.29, 1.82) is 0 Å². The zero-order valence-corrected chi connectivity index (χ0v) is 12.1. The topological polar surface area (TPSA) is 102 Å². The minimum Gasteiger partial charge on any atom is -0.494 e. The Hall–Kier alpha value is -2.15. The molecule has 5 unspecified atom stereocenters. The van der Waals surface area contributed by atoms with Gasteiger partial charge in [-0.3, -0.25) is 20.2 Å². The number of carboxylic acid groups (broad SMARTS) is 1. The lowest BCUT2D eigenvalue weighted by Gasteiger charge is -2.42. The molecule has 0 saturated carbocycles. The number of hydrogen-bond donors (Lipinski definition) is 2. The molecule has 5 atom stereocenters. The first-order chi connectivity index (χ1) is 10.5. The lowest BCUT2D eigenvalue weighted by molar-refractivity contribution is -0.432. The van der Waals surface area contributed by atoms with Crippen LogP contribution in [0.25, 0.3) is 0 Å². The smallest absolute Gasteiger partial charge is 0.321 e. The van der Waals surface area contributed by atoms with Gasteiger partial charge in [-0.15, -0.1) is 0 Å². The van der Waals surface area contributed by atoms with E-state index in [-0.39, 0.29) is 23.5 Å². The maximum Gasteiger partial charge on any atom is 0.321 e. The molecule has 0 aromatic rings. The first-order valence-electron chi connectivity index (χ1n) is 7.39. The van der Waals surface area contributed by atoms with Crippen LogP contribution >= 0.6 is 0 Å². The Bertz CT molecular complexity index is 595. The van der Waals surface area contributed by atoms with Gasteiger partial charge in [-0.25, -0.2) is 0 Å². The minimum atomic E-state index is -0.959. The fraction of sp³-hybridized carbons (Fsp3) is 0.533. The predicted octanol–water partition coefficient (Wildman–Crippen LogP) is 1.31. The molecule has 1 aliphatic heterocycles. The van der Waals surface area contributed by atoms with Gasteiger partial charge in [0, 0.05) is 5.92 Å². The van der Waals surface area contributed by atoms with Crippen molar-refractivity contribution in [2.45, 2.75) is 25.4 Å². The van der Waals surface area contributed by atoms with Gasteiger partial charge in [0.05, 0.1) is 17.6 Å². The summed E-state index contributed by atoms with van der Waals surface area (Å²) in [6, 6.07) is -1.38. The van der Waals surface area contributed by atoms with Crippen LogP contribution in [0.15, 0.2) is 35.8 Å². The molecule has 0 aromatic heterocycles. The van der Waals surface area contributed by atoms with E-state index < -0.39 is 23.0 Å². The molecule has 118 valence electrons. The van der Waals surface area contributed by atoms with Crippen molar-refractivity contribution in [3.05, 3.63) is 45.9 Å². The van der Waals surface area contributed by atoms with Crippen LogP contribution < -0.4 is 5.32 Å². The molecule has 2 aliphatic carbocycles. The van der Waals surface area contributed by atoms with Crippen LogP contribution in [-0.4, -0.2) is 34.7 Å². The van der Waals surface area contributed by atoms with Gasteiger partial charge in [0.25, 0.3) is 5.70 Å². The average Bonchev–Trinajstić information content (AvgIpc) is 2.95. The molecule has 1 saturated heterocycles. The molecule has 0 spiro atoms. The molecular weight excluding hydrogens is 288 g/mol. The molecule has 22 heavy (non-hydrogen) atoms. The molecular formula is C15H18N2O5. The number of piperidine rings is 1. The molecule has 7 heteroatoms. The van der Waals surface area contributed by atoms with E-state index in [2.05, 4.69) is 5.32 Å². The monoisotopic (exact) mass is 306 g/mol. The van der Waals surface area contributed by atoms with Crippen molar-refractivity contribution < 1.29 is 19.6 Å². The highest BCUT2D eigenvalue weighted by Crippen LogP contribution is 2.44. The van der Waals surface area contributed by atoms with E-state index in [0.717, 1.165) is 0 Å². The summed E-state index contributed by atoms with van der Waals surface area (Å²) in [6.07, 6.45) is 7.91. The fourth-order valence-electron chi connectivity index (χ4n) is 3.76. The summed E-state index contributed by atoms with van der Waals surface area (Å²) in [5.41, 5.74) is -0.0269. The summed E-state index contributed by atoms with van der Waals surface area (Å²) in [4.78, 5) is 22.4. The standard InChI is InChI=1S/C15H18N2O5/c1-2-22-8-6-11-9-4-3-5-10(9)14(15(18)19)16-13(11)12(7-8)17(20)21/h3-4,6-7,9-11,13-14,16H,2,5H2,1H3,(H,18,19). The zero-order valence-electron chi connectivity index (χ0n) is 12.1. The zero-order chi connectivity index (χ0) is 15.9. The van der Waals surface area contributed by atoms with Gasteiger partial charge < -0.3 is 9.84 Å². The van der Waals surface area contributed by atoms with E-state index in [9.17, 15) is 20.0 Å². The van der Waals surface area contributed by atoms with E-state index in [1.165, 1.54) is 6.08 Å². The Morgan fingerprint density at radius 2 is 2.32 bits per heavy atom. The fourth-order valence-corrected chi connectivity index (χ4v) is 3.76. The number of ether oxygens (including phenoxy) is 1. The van der Waals surface area contributed by atoms with Crippen LogP contribution in [0.5, 0.6) is 0 Å². The van der Waals surface area contributed by atoms with Crippen LogP contribution in [-0.2, 0) is 9.53 Å². The van der Waals surface area contributed by atoms with Crippen molar-refractivity contribution in [3.8, 4) is 0 Å². The van der Waals surface area contributed by atoms with Gasteiger partial charge in [-0.2, -0.15) is 0 Å². The van der Waals surface area contributed by atoms with Crippen molar-refractivity contribution in [3.63, 3.8) is 0 Å². The molecule has 0 aromatic carbocycles. The molecule has 0 bridgehead atoms. The number of allylic oxidation sites excluding steroid dienone is 3. The summed E-state index contributed by atoms with van der Waals surface area (Å²) < 4.78 is 5.45. The number of carboxylic acids is 1. The summed E-state index contributed by atoms with van der Waals surface area (Å²) in [7, 11) is 0. The molecule has 3 aliphatic rings. The van der Waals surface area contributed by atoms with Gasteiger partial charge in [-0.1, -0.05) is 12.2 Å². The normalized spacial score (nSPS) is 36.0. The van der Waals surface area contributed by atoms with Crippen molar-refractivity contribution in [2.75, 3.05) is 6.61 Å². The third kappa shape index (κ3) is 2.31. The largest absolute Gasteiger partial charge is 0.494 e. The third-order valence-electron chi connectivity index (χ3n) is 4.63. The summed E-state index contributed by atoms with van der Waals surface area (Å²) in [5, 5.41) is 23.8. The van der Waals surface area contributed by atoms with Crippen molar-refractivity contribution in [2.24, 2.45) is 17.8 Å². The molecule has 7 nitrogen and oxygen atoms in total. The second-order valence-electron chi connectivity index (χ2n) is 5.77. The maximum absolute atomic E-state index is 11.5. The minimum absolute atomic E-state index is 0.0218. The number of carbonyl (C=O) groups is 1. The van der Waals surface area contributed by atoms with Gasteiger partial charge in [0.1, 0.15) is 17.8 Å². The van der Waals surface area contributed by atoms with Crippen LogP contribution in [0, 0.1) is 27.9 Å². The van der Waals surface area contributed by atoms with Crippen molar-refractivity contribution in [1.82, 2.24) is 5.32 Å². The van der Waals surface area contributed by atoms with Gasteiger partial charge in [0.15, 0.2) is 0 Å².